The molecule has 14 heteroatoms. The Hall–Kier alpha value is -5.66. The van der Waals surface area contributed by atoms with Crippen LogP contribution in [0.5, 0.6) is 5.75 Å². The lowest BCUT2D eigenvalue weighted by molar-refractivity contribution is -0.141. The predicted octanol–water partition coefficient (Wildman–Crippen LogP) is 2.67. The van der Waals surface area contributed by atoms with Crippen molar-refractivity contribution in [2.45, 2.75) is 45.7 Å². The van der Waals surface area contributed by atoms with Gasteiger partial charge in [0.25, 0.3) is 5.89 Å². The van der Waals surface area contributed by atoms with Crippen LogP contribution in [-0.2, 0) is 30.3 Å². The number of fused-ring (bicyclic) bond motifs is 1. The van der Waals surface area contributed by atoms with E-state index in [1.54, 1.807) is 69.3 Å². The van der Waals surface area contributed by atoms with Crippen LogP contribution >= 0.6 is 0 Å². The summed E-state index contributed by atoms with van der Waals surface area (Å²) in [6.45, 7) is 4.22. The molecule has 0 saturated heterocycles. The molecule has 3 N–H and O–H groups in total. The molecular formula is C32H33N5O9. The van der Waals surface area contributed by atoms with E-state index < -0.39 is 60.6 Å². The molecule has 2 amide bonds. The molecule has 240 valence electrons. The first kappa shape index (κ1) is 33.2. The highest BCUT2D eigenvalue weighted by molar-refractivity contribution is 6.03. The van der Waals surface area contributed by atoms with Crippen LogP contribution in [-0.4, -0.2) is 75.6 Å². The van der Waals surface area contributed by atoms with Gasteiger partial charge in [0.1, 0.15) is 17.8 Å². The number of hydrogen-bond donors (Lipinski definition) is 3. The molecule has 2 aromatic heterocycles. The van der Waals surface area contributed by atoms with Gasteiger partial charge in [-0.05, 0) is 42.5 Å². The zero-order chi connectivity index (χ0) is 33.4. The number of aromatic nitrogens is 3. The molecule has 0 spiro atoms. The number of amides is 2. The summed E-state index contributed by atoms with van der Waals surface area (Å²) in [6.07, 6.45) is 0.471. The molecule has 2 atom stereocenters. The van der Waals surface area contributed by atoms with E-state index in [-0.39, 0.29) is 18.0 Å². The number of benzene rings is 2. The van der Waals surface area contributed by atoms with Gasteiger partial charge in [-0.1, -0.05) is 43.3 Å². The molecule has 0 aliphatic heterocycles. The number of carboxylic acid groups (broad SMARTS) is 1. The first-order valence-electron chi connectivity index (χ1n) is 14.3. The molecular weight excluding hydrogens is 598 g/mol. The number of ketones is 1. The fourth-order valence-electron chi connectivity index (χ4n) is 4.67. The van der Waals surface area contributed by atoms with Gasteiger partial charge in [-0.25, -0.2) is 9.78 Å². The van der Waals surface area contributed by atoms with Crippen LogP contribution in [0.4, 0.5) is 0 Å². The molecule has 0 unspecified atom stereocenters. The monoisotopic (exact) mass is 631 g/mol. The molecule has 2 aromatic carbocycles. The fourth-order valence-corrected chi connectivity index (χ4v) is 4.67. The van der Waals surface area contributed by atoms with Crippen LogP contribution in [0.15, 0.2) is 59.3 Å². The first-order valence-corrected chi connectivity index (χ1v) is 14.3. The van der Waals surface area contributed by atoms with E-state index in [9.17, 15) is 29.1 Å². The maximum atomic E-state index is 13.3. The van der Waals surface area contributed by atoms with Crippen LogP contribution in [0.1, 0.15) is 42.1 Å². The number of methoxy groups -OCH3 is 1. The Bertz CT molecular complexity index is 1760. The SMILES string of the molecule is COc1ccc(-c2nc(C)no2)cc1CC(=O)N[C@H](C(=O)N[C@@H](CC(=O)O)C(=O)COC(=O)c1nccc2ccccc12)C(C)C. The number of hydrogen-bond acceptors (Lipinski definition) is 11. The van der Waals surface area contributed by atoms with Gasteiger partial charge >= 0.3 is 11.9 Å². The molecule has 0 aliphatic rings. The summed E-state index contributed by atoms with van der Waals surface area (Å²) in [6, 6.07) is 11.0. The Balaban J connectivity index is 1.42. The van der Waals surface area contributed by atoms with Crippen molar-refractivity contribution in [1.82, 2.24) is 25.8 Å². The second-order valence-electron chi connectivity index (χ2n) is 10.7. The minimum absolute atomic E-state index is 0.0123. The van der Waals surface area contributed by atoms with E-state index in [0.29, 0.717) is 28.1 Å². The fraction of sp³-hybridized carbons (Fsp3) is 0.312. The molecule has 4 rings (SSSR count). The normalized spacial score (nSPS) is 12.3. The van der Waals surface area contributed by atoms with Crippen LogP contribution in [0, 0.1) is 12.8 Å². The second-order valence-corrected chi connectivity index (χ2v) is 10.7. The minimum atomic E-state index is -1.54. The van der Waals surface area contributed by atoms with Gasteiger partial charge < -0.3 is 29.7 Å². The van der Waals surface area contributed by atoms with Crippen LogP contribution in [0.2, 0.25) is 0 Å². The van der Waals surface area contributed by atoms with E-state index in [2.05, 4.69) is 25.8 Å². The summed E-state index contributed by atoms with van der Waals surface area (Å²) in [4.78, 5) is 72.0. The number of aliphatic carboxylic acids is 1. The van der Waals surface area contributed by atoms with Crippen molar-refractivity contribution in [2.75, 3.05) is 13.7 Å². The van der Waals surface area contributed by atoms with E-state index in [1.807, 2.05) is 0 Å². The lowest BCUT2D eigenvalue weighted by atomic mass is 10.0. The van der Waals surface area contributed by atoms with Gasteiger partial charge in [-0.2, -0.15) is 4.98 Å². The van der Waals surface area contributed by atoms with E-state index in [1.165, 1.54) is 13.3 Å². The molecule has 14 nitrogen and oxygen atoms in total. The zero-order valence-corrected chi connectivity index (χ0v) is 25.6. The summed E-state index contributed by atoms with van der Waals surface area (Å²) >= 11 is 0. The van der Waals surface area contributed by atoms with Gasteiger partial charge in [-0.15, -0.1) is 0 Å². The number of nitrogens with zero attached hydrogens (tertiary/aromatic N) is 3. The maximum Gasteiger partial charge on any atom is 0.358 e. The van der Waals surface area contributed by atoms with Crippen LogP contribution in [0.3, 0.4) is 0 Å². The van der Waals surface area contributed by atoms with E-state index in [4.69, 9.17) is 14.0 Å². The summed E-state index contributed by atoms with van der Waals surface area (Å²) in [7, 11) is 1.45. The topological polar surface area (TPSA) is 200 Å². The first-order chi connectivity index (χ1) is 22.0. The zero-order valence-electron chi connectivity index (χ0n) is 25.6. The molecule has 0 radical (unpaired) electrons. The number of ether oxygens (including phenoxy) is 2. The molecule has 0 aliphatic carbocycles. The Morgan fingerprint density at radius 2 is 1.78 bits per heavy atom. The summed E-state index contributed by atoms with van der Waals surface area (Å²) in [5, 5.41) is 19.5. The van der Waals surface area contributed by atoms with Gasteiger partial charge in [0.05, 0.1) is 20.0 Å². The summed E-state index contributed by atoms with van der Waals surface area (Å²) < 4.78 is 15.8. The largest absolute Gasteiger partial charge is 0.496 e. The molecule has 46 heavy (non-hydrogen) atoms. The molecule has 0 fully saturated rings. The third-order valence-corrected chi connectivity index (χ3v) is 6.97. The van der Waals surface area contributed by atoms with E-state index >= 15 is 0 Å². The average Bonchev–Trinajstić information content (AvgIpc) is 3.47. The van der Waals surface area contributed by atoms with Crippen LogP contribution in [0.25, 0.3) is 22.2 Å². The molecule has 2 heterocycles. The van der Waals surface area contributed by atoms with Crippen molar-refractivity contribution < 1.29 is 43.1 Å². The molecule has 4 aromatic rings. The number of Topliss-reactive ketones (excluding diaryl/α,β-unsaturated/α-hetero) is 1. The third-order valence-electron chi connectivity index (χ3n) is 6.97. The summed E-state index contributed by atoms with van der Waals surface area (Å²) in [5.41, 5.74) is 1.04. The van der Waals surface area contributed by atoms with Gasteiger partial charge in [0, 0.05) is 22.7 Å². The molecule has 0 saturated carbocycles. The van der Waals surface area contributed by atoms with E-state index in [0.717, 1.165) is 5.39 Å². The van der Waals surface area contributed by atoms with Crippen molar-refractivity contribution in [3.63, 3.8) is 0 Å². The second kappa shape index (κ2) is 14.9. The number of carbonyl (C=O) groups is 5. The molecule has 0 bridgehead atoms. The quantitative estimate of drug-likeness (QED) is 0.172. The number of carboxylic acids is 1. The van der Waals surface area contributed by atoms with Crippen molar-refractivity contribution in [3.05, 3.63) is 71.8 Å². The van der Waals surface area contributed by atoms with Crippen molar-refractivity contribution in [3.8, 4) is 17.2 Å². The van der Waals surface area contributed by atoms with Crippen molar-refractivity contribution in [1.29, 1.82) is 0 Å². The number of carbonyl (C=O) groups excluding carboxylic acids is 4. The number of pyridine rings is 1. The average molecular weight is 632 g/mol. The Morgan fingerprint density at radius 3 is 2.46 bits per heavy atom. The number of esters is 1. The lowest BCUT2D eigenvalue weighted by Gasteiger charge is -2.24. The Labute approximate surface area is 263 Å². The standard InChI is InChI=1S/C32H33N5O9/c1-17(2)28(36-26(39)14-21-13-20(9-10-25(21)44-4)31-34-18(3)37-46-31)30(42)35-23(15-27(40)41)24(38)16-45-32(43)29-22-8-6-5-7-19(22)11-12-33-29/h5-13,17,23,28H,14-16H2,1-4H3,(H,35,42)(H,36,39)(H,40,41)/t23-,28-/m0/s1. The van der Waals surface area contributed by atoms with Crippen molar-refractivity contribution in [2.24, 2.45) is 5.92 Å². The Kier molecular flexibility index (Phi) is 10.8. The lowest BCUT2D eigenvalue weighted by Crippen LogP contribution is -2.54. The van der Waals surface area contributed by atoms with Gasteiger partial charge in [-0.3, -0.25) is 19.2 Å². The number of rotatable bonds is 14. The van der Waals surface area contributed by atoms with Gasteiger partial charge in [0.15, 0.2) is 23.9 Å². The predicted molar refractivity (Wildman–Crippen MR) is 163 cm³/mol. The number of aryl methyl sites for hydroxylation is 1. The Morgan fingerprint density at radius 1 is 1.02 bits per heavy atom. The summed E-state index contributed by atoms with van der Waals surface area (Å²) in [5.74, 6) is -3.76. The minimum Gasteiger partial charge on any atom is -0.496 e. The van der Waals surface area contributed by atoms with Gasteiger partial charge in [0.2, 0.25) is 11.8 Å². The van der Waals surface area contributed by atoms with Crippen LogP contribution < -0.4 is 15.4 Å². The maximum absolute atomic E-state index is 13.3. The number of nitrogens with one attached hydrogen (secondary N) is 2. The highest BCUT2D eigenvalue weighted by Gasteiger charge is 2.31. The highest BCUT2D eigenvalue weighted by Crippen LogP contribution is 2.26. The third kappa shape index (κ3) is 8.28. The highest BCUT2D eigenvalue weighted by atomic mass is 16.5. The van der Waals surface area contributed by atoms with Crippen molar-refractivity contribution >= 4 is 40.3 Å². The smallest absolute Gasteiger partial charge is 0.358 e.